The first-order valence-corrected chi connectivity index (χ1v) is 9.36. The van der Waals surface area contributed by atoms with Gasteiger partial charge < -0.3 is 9.80 Å². The summed E-state index contributed by atoms with van der Waals surface area (Å²) in [6, 6.07) is 23.4. The fourth-order valence-electron chi connectivity index (χ4n) is 3.80. The van der Waals surface area contributed by atoms with Crippen LogP contribution in [-0.2, 0) is 6.54 Å². The molecule has 0 radical (unpaired) electrons. The van der Waals surface area contributed by atoms with Crippen LogP contribution in [0.3, 0.4) is 0 Å². The molecule has 3 nitrogen and oxygen atoms in total. The smallest absolute Gasteiger partial charge is 0.159 e. The lowest BCUT2D eigenvalue weighted by atomic mass is 10.1. The number of rotatable bonds is 4. The molecule has 3 aromatic rings. The predicted octanol–water partition coefficient (Wildman–Crippen LogP) is 2.95. The number of ketones is 1. The highest BCUT2D eigenvalue weighted by atomic mass is 16.1. The minimum atomic E-state index is 0.126. The third-order valence-electron chi connectivity index (χ3n) is 5.38. The van der Waals surface area contributed by atoms with Crippen molar-refractivity contribution >= 4 is 22.2 Å². The summed E-state index contributed by atoms with van der Waals surface area (Å²) in [5, 5.41) is 2.64. The second kappa shape index (κ2) is 7.30. The Morgan fingerprint density at radius 2 is 1.62 bits per heavy atom. The van der Waals surface area contributed by atoms with E-state index in [2.05, 4.69) is 59.5 Å². The van der Waals surface area contributed by atoms with E-state index in [-0.39, 0.29) is 5.78 Å². The van der Waals surface area contributed by atoms with Gasteiger partial charge in [0.15, 0.2) is 5.78 Å². The maximum absolute atomic E-state index is 11.4. The minimum Gasteiger partial charge on any atom is -0.360 e. The van der Waals surface area contributed by atoms with Crippen LogP contribution in [0.4, 0.5) is 5.69 Å². The van der Waals surface area contributed by atoms with Crippen molar-refractivity contribution in [3.05, 3.63) is 77.9 Å². The van der Waals surface area contributed by atoms with Crippen LogP contribution in [0.25, 0.3) is 10.8 Å². The van der Waals surface area contributed by atoms with Gasteiger partial charge in [-0.2, -0.15) is 0 Å². The van der Waals surface area contributed by atoms with Crippen LogP contribution >= 0.6 is 0 Å². The van der Waals surface area contributed by atoms with Gasteiger partial charge in [-0.3, -0.25) is 4.79 Å². The lowest BCUT2D eigenvalue weighted by Gasteiger charge is -2.33. The van der Waals surface area contributed by atoms with Gasteiger partial charge in [0.05, 0.1) is 26.2 Å². The molecule has 0 spiro atoms. The number of carbonyl (C=O) groups is 1. The second-order valence-electron chi connectivity index (χ2n) is 7.20. The third-order valence-corrected chi connectivity index (χ3v) is 5.38. The Morgan fingerprint density at radius 1 is 0.923 bits per heavy atom. The minimum absolute atomic E-state index is 0.126. The number of quaternary nitrogens is 1. The number of anilines is 1. The van der Waals surface area contributed by atoms with Gasteiger partial charge in [0, 0.05) is 16.8 Å². The first-order valence-electron chi connectivity index (χ1n) is 9.36. The maximum atomic E-state index is 11.4. The van der Waals surface area contributed by atoms with E-state index in [9.17, 15) is 4.79 Å². The Kier molecular flexibility index (Phi) is 4.72. The molecule has 26 heavy (non-hydrogen) atoms. The van der Waals surface area contributed by atoms with Crippen LogP contribution in [0.2, 0.25) is 0 Å². The first-order chi connectivity index (χ1) is 12.7. The summed E-state index contributed by atoms with van der Waals surface area (Å²) in [5.74, 6) is 0.126. The summed E-state index contributed by atoms with van der Waals surface area (Å²) >= 11 is 0. The van der Waals surface area contributed by atoms with Gasteiger partial charge in [0.2, 0.25) is 0 Å². The summed E-state index contributed by atoms with van der Waals surface area (Å²) in [6.07, 6.45) is 0. The molecule has 0 aromatic heterocycles. The number of hydrogen-bond donors (Lipinski definition) is 1. The molecule has 0 aliphatic carbocycles. The van der Waals surface area contributed by atoms with Gasteiger partial charge in [-0.05, 0) is 48.0 Å². The summed E-state index contributed by atoms with van der Waals surface area (Å²) in [7, 11) is 0. The zero-order valence-corrected chi connectivity index (χ0v) is 15.2. The number of nitrogens with one attached hydrogen (secondary N) is 1. The lowest BCUT2D eigenvalue weighted by molar-refractivity contribution is -0.914. The maximum Gasteiger partial charge on any atom is 0.159 e. The van der Waals surface area contributed by atoms with E-state index in [1.165, 1.54) is 22.0 Å². The second-order valence-corrected chi connectivity index (χ2v) is 7.20. The van der Waals surface area contributed by atoms with Gasteiger partial charge in [0.1, 0.15) is 6.54 Å². The first kappa shape index (κ1) is 16.8. The van der Waals surface area contributed by atoms with E-state index in [0.717, 1.165) is 38.3 Å². The summed E-state index contributed by atoms with van der Waals surface area (Å²) in [6.45, 7) is 7.10. The van der Waals surface area contributed by atoms with Crippen LogP contribution in [0.5, 0.6) is 0 Å². The SMILES string of the molecule is CC(=O)c1ccc(N2CC[NH+](Cc3ccc4ccccc4c3)CC2)cc1. The van der Waals surface area contributed by atoms with Crippen molar-refractivity contribution in [1.82, 2.24) is 0 Å². The fourth-order valence-corrected chi connectivity index (χ4v) is 3.80. The predicted molar refractivity (Wildman–Crippen MR) is 107 cm³/mol. The lowest BCUT2D eigenvalue weighted by Crippen LogP contribution is -3.13. The normalized spacial score (nSPS) is 15.3. The Labute approximate surface area is 154 Å². The molecular weight excluding hydrogens is 320 g/mol. The Morgan fingerprint density at radius 3 is 2.31 bits per heavy atom. The Balaban J connectivity index is 1.37. The van der Waals surface area contributed by atoms with E-state index >= 15 is 0 Å². The molecule has 4 rings (SSSR count). The highest BCUT2D eigenvalue weighted by molar-refractivity contribution is 5.94. The molecule has 3 aromatic carbocycles. The monoisotopic (exact) mass is 345 g/mol. The molecule has 1 heterocycles. The molecule has 0 bridgehead atoms. The average molecular weight is 345 g/mol. The van der Waals surface area contributed by atoms with Crippen molar-refractivity contribution in [1.29, 1.82) is 0 Å². The van der Waals surface area contributed by atoms with E-state index in [1.54, 1.807) is 11.8 Å². The molecule has 1 aliphatic heterocycles. The van der Waals surface area contributed by atoms with Gasteiger partial charge >= 0.3 is 0 Å². The largest absolute Gasteiger partial charge is 0.360 e. The number of carbonyl (C=O) groups excluding carboxylic acids is 1. The van der Waals surface area contributed by atoms with E-state index in [1.807, 2.05) is 12.1 Å². The van der Waals surface area contributed by atoms with Gasteiger partial charge in [-0.1, -0.05) is 36.4 Å². The van der Waals surface area contributed by atoms with E-state index in [4.69, 9.17) is 0 Å². The molecule has 0 saturated carbocycles. The summed E-state index contributed by atoms with van der Waals surface area (Å²) in [5.41, 5.74) is 3.42. The van der Waals surface area contributed by atoms with Crippen LogP contribution < -0.4 is 9.80 Å². The number of benzene rings is 3. The standard InChI is InChI=1S/C23H24N2O/c1-18(26)20-8-10-23(11-9-20)25-14-12-24(13-15-25)17-19-6-7-21-4-2-3-5-22(21)16-19/h2-11,16H,12-15,17H2,1H3/p+1. The van der Waals surface area contributed by atoms with E-state index in [0.29, 0.717) is 0 Å². The van der Waals surface area contributed by atoms with Crippen molar-refractivity contribution in [2.24, 2.45) is 0 Å². The Hall–Kier alpha value is -2.65. The van der Waals surface area contributed by atoms with Crippen molar-refractivity contribution in [2.75, 3.05) is 31.1 Å². The summed E-state index contributed by atoms with van der Waals surface area (Å²) < 4.78 is 0. The molecule has 0 amide bonds. The van der Waals surface area contributed by atoms with Gasteiger partial charge in [-0.25, -0.2) is 0 Å². The third kappa shape index (κ3) is 3.63. The van der Waals surface area contributed by atoms with Gasteiger partial charge in [-0.15, -0.1) is 0 Å². The van der Waals surface area contributed by atoms with Crippen molar-refractivity contribution in [3.8, 4) is 0 Å². The molecule has 0 atom stereocenters. The number of nitrogens with zero attached hydrogens (tertiary/aromatic N) is 1. The zero-order chi connectivity index (χ0) is 17.9. The van der Waals surface area contributed by atoms with Gasteiger partial charge in [0.25, 0.3) is 0 Å². The molecule has 132 valence electrons. The summed E-state index contributed by atoms with van der Waals surface area (Å²) in [4.78, 5) is 15.5. The van der Waals surface area contributed by atoms with Crippen LogP contribution in [0.15, 0.2) is 66.7 Å². The van der Waals surface area contributed by atoms with Crippen LogP contribution in [0.1, 0.15) is 22.8 Å². The van der Waals surface area contributed by atoms with Crippen molar-refractivity contribution in [2.45, 2.75) is 13.5 Å². The molecule has 3 heteroatoms. The quantitative estimate of drug-likeness (QED) is 0.736. The molecule has 1 saturated heterocycles. The van der Waals surface area contributed by atoms with E-state index < -0.39 is 0 Å². The highest BCUT2D eigenvalue weighted by Crippen LogP contribution is 2.17. The number of Topliss-reactive ketones (excluding diaryl/α,β-unsaturated/α-hetero) is 1. The van der Waals surface area contributed by atoms with Crippen molar-refractivity contribution < 1.29 is 9.69 Å². The molecular formula is C23H25N2O+. The highest BCUT2D eigenvalue weighted by Gasteiger charge is 2.20. The van der Waals surface area contributed by atoms with Crippen LogP contribution in [0, 0.1) is 0 Å². The Bertz CT molecular complexity index is 909. The van der Waals surface area contributed by atoms with Crippen LogP contribution in [-0.4, -0.2) is 32.0 Å². The zero-order valence-electron chi connectivity index (χ0n) is 15.2. The van der Waals surface area contributed by atoms with Crippen molar-refractivity contribution in [3.63, 3.8) is 0 Å². The molecule has 1 aliphatic rings. The average Bonchev–Trinajstić information content (AvgIpc) is 2.68. The number of hydrogen-bond acceptors (Lipinski definition) is 2. The number of fused-ring (bicyclic) bond motifs is 1. The number of piperazine rings is 1. The molecule has 0 unspecified atom stereocenters. The molecule has 1 fully saturated rings. The fraction of sp³-hybridized carbons (Fsp3) is 0.261. The topological polar surface area (TPSA) is 24.8 Å². The molecule has 1 N–H and O–H groups in total.